The molecule has 4 nitrogen and oxygen atoms in total. The molecule has 4 saturated carbocycles. The topological polar surface area (TPSA) is 63.6 Å². The average molecular weight is 498 g/mol. The summed E-state index contributed by atoms with van der Waals surface area (Å²) in [5.74, 6) is 0.617. The molecule has 144 valence electrons. The number of esters is 1. The number of carbonyl (C=O) groups is 2. The molecule has 1 N–H and O–H groups in total. The summed E-state index contributed by atoms with van der Waals surface area (Å²) in [7, 11) is 0. The number of aliphatic hydroxyl groups is 1. The zero-order valence-corrected chi connectivity index (χ0v) is 18.1. The smallest absolute Gasteiger partial charge is 0.346 e. The number of benzene rings is 1. The molecule has 1 unspecified atom stereocenters. The second-order valence-electron chi connectivity index (χ2n) is 9.09. The lowest BCUT2D eigenvalue weighted by atomic mass is 9.54. The fourth-order valence-corrected chi connectivity index (χ4v) is 7.76. The van der Waals surface area contributed by atoms with Gasteiger partial charge in [-0.2, -0.15) is 0 Å². The van der Waals surface area contributed by atoms with Gasteiger partial charge in [-0.3, -0.25) is 4.79 Å². The largest absolute Gasteiger partial charge is 0.457 e. The van der Waals surface area contributed by atoms with Crippen LogP contribution >= 0.6 is 31.9 Å². The predicted octanol–water partition coefficient (Wildman–Crippen LogP) is 4.58. The van der Waals surface area contributed by atoms with E-state index in [1.807, 2.05) is 6.07 Å². The van der Waals surface area contributed by atoms with Crippen molar-refractivity contribution < 1.29 is 19.4 Å². The van der Waals surface area contributed by atoms with Crippen molar-refractivity contribution in [1.82, 2.24) is 0 Å². The number of halogens is 2. The Morgan fingerprint density at radius 3 is 2.26 bits per heavy atom. The maximum absolute atomic E-state index is 13.1. The first kappa shape index (κ1) is 18.3. The molecule has 5 aliphatic carbocycles. The van der Waals surface area contributed by atoms with Crippen LogP contribution in [0.1, 0.15) is 60.9 Å². The number of hydrogen-bond acceptors (Lipinski definition) is 4. The Morgan fingerprint density at radius 2 is 1.67 bits per heavy atom. The van der Waals surface area contributed by atoms with E-state index in [9.17, 15) is 14.7 Å². The lowest BCUT2D eigenvalue weighted by Gasteiger charge is -2.56. The number of carbonyl (C=O) groups excluding carboxylic acids is 2. The lowest BCUT2D eigenvalue weighted by Crippen LogP contribution is -2.58. The van der Waals surface area contributed by atoms with Gasteiger partial charge in [0.2, 0.25) is 11.4 Å². The van der Waals surface area contributed by atoms with Crippen LogP contribution in [0.5, 0.6) is 0 Å². The number of hydrogen-bond donors (Lipinski definition) is 1. The molecule has 0 spiro atoms. The molecule has 1 atom stereocenters. The van der Waals surface area contributed by atoms with Crippen LogP contribution in [0.4, 0.5) is 0 Å². The average Bonchev–Trinajstić information content (AvgIpc) is 2.57. The predicted molar refractivity (Wildman–Crippen MR) is 106 cm³/mol. The Kier molecular flexibility index (Phi) is 4.16. The van der Waals surface area contributed by atoms with Gasteiger partial charge in [-0.1, -0.05) is 31.9 Å². The molecule has 4 fully saturated rings. The maximum atomic E-state index is 13.1. The van der Waals surface area contributed by atoms with Gasteiger partial charge in [-0.15, -0.1) is 0 Å². The Bertz CT molecular complexity index is 814. The minimum Gasteiger partial charge on any atom is -0.457 e. The summed E-state index contributed by atoms with van der Waals surface area (Å²) in [6.45, 7) is 0. The monoisotopic (exact) mass is 496 g/mol. The molecule has 0 saturated heterocycles. The molecule has 27 heavy (non-hydrogen) atoms. The number of fused-ring (bicyclic) bond motifs is 1. The van der Waals surface area contributed by atoms with E-state index in [-0.39, 0.29) is 6.42 Å². The highest BCUT2D eigenvalue weighted by Crippen LogP contribution is 2.57. The van der Waals surface area contributed by atoms with Gasteiger partial charge in [0.1, 0.15) is 5.60 Å². The van der Waals surface area contributed by atoms with Crippen LogP contribution < -0.4 is 0 Å². The Labute approximate surface area is 175 Å². The van der Waals surface area contributed by atoms with Gasteiger partial charge in [0, 0.05) is 14.5 Å². The normalized spacial score (nSPS) is 39.4. The molecule has 5 aliphatic rings. The molecule has 0 radical (unpaired) electrons. The van der Waals surface area contributed by atoms with E-state index >= 15 is 0 Å². The molecule has 1 aromatic rings. The van der Waals surface area contributed by atoms with Crippen LogP contribution in [0.15, 0.2) is 21.1 Å². The van der Waals surface area contributed by atoms with Crippen molar-refractivity contribution in [1.29, 1.82) is 0 Å². The molecule has 0 aromatic heterocycles. The third kappa shape index (κ3) is 2.85. The van der Waals surface area contributed by atoms with E-state index in [0.29, 0.717) is 29.7 Å². The molecule has 0 aliphatic heterocycles. The number of ether oxygens (including phenoxy) is 1. The molecular formula is C21H22Br2O4. The zero-order valence-electron chi connectivity index (χ0n) is 15.0. The fourth-order valence-electron chi connectivity index (χ4n) is 6.33. The van der Waals surface area contributed by atoms with Gasteiger partial charge in [0.05, 0.1) is 0 Å². The van der Waals surface area contributed by atoms with E-state index < -0.39 is 23.0 Å². The molecule has 1 aromatic carbocycles. The number of ketones is 1. The molecule has 0 heterocycles. The van der Waals surface area contributed by atoms with Crippen LogP contribution in [0, 0.1) is 17.8 Å². The highest BCUT2D eigenvalue weighted by Gasteiger charge is 2.57. The van der Waals surface area contributed by atoms with Gasteiger partial charge in [0.15, 0.2) is 0 Å². The summed E-state index contributed by atoms with van der Waals surface area (Å²) in [6.07, 6.45) is 6.94. The third-order valence-corrected chi connectivity index (χ3v) is 8.31. The summed E-state index contributed by atoms with van der Waals surface area (Å²) < 4.78 is 7.56. The first-order chi connectivity index (χ1) is 12.8. The minimum atomic E-state index is -2.07. The molecule has 6 heteroatoms. The standard InChI is InChI=1S/C21H22Br2O4/c22-14-6-16-15(17(23)7-14)1-2-21(26,18(16)24)19(25)27-20-8-11-3-12(9-20)5-13(4-11)10-20/h6-7,11-13,26H,1-5,8-10H2. The van der Waals surface area contributed by atoms with Crippen LogP contribution in [-0.4, -0.2) is 28.1 Å². The molecule has 0 amide bonds. The van der Waals surface area contributed by atoms with Gasteiger partial charge < -0.3 is 9.84 Å². The summed E-state index contributed by atoms with van der Waals surface area (Å²) in [5, 5.41) is 11.1. The van der Waals surface area contributed by atoms with Crippen LogP contribution in [0.25, 0.3) is 0 Å². The number of rotatable bonds is 2. The van der Waals surface area contributed by atoms with Gasteiger partial charge >= 0.3 is 5.97 Å². The second-order valence-corrected chi connectivity index (χ2v) is 10.9. The van der Waals surface area contributed by atoms with Gasteiger partial charge in [-0.05, 0) is 86.8 Å². The summed E-state index contributed by atoms with van der Waals surface area (Å²) in [4.78, 5) is 26.2. The van der Waals surface area contributed by atoms with E-state index in [2.05, 4.69) is 31.9 Å². The third-order valence-electron chi connectivity index (χ3n) is 7.15. The van der Waals surface area contributed by atoms with Crippen molar-refractivity contribution >= 4 is 43.6 Å². The SMILES string of the molecule is O=C(OC12CC3CC(CC(C3)C1)C2)C1(O)CCc2c(Br)cc(Br)cc2C1=O. The Hall–Kier alpha value is -0.720. The van der Waals surface area contributed by atoms with E-state index in [0.717, 1.165) is 33.8 Å². The summed E-state index contributed by atoms with van der Waals surface area (Å²) >= 11 is 6.87. The van der Waals surface area contributed by atoms with Crippen LogP contribution in [-0.2, 0) is 16.0 Å². The van der Waals surface area contributed by atoms with E-state index in [1.54, 1.807) is 6.07 Å². The van der Waals surface area contributed by atoms with Crippen molar-refractivity contribution in [2.45, 2.75) is 62.6 Å². The highest BCUT2D eigenvalue weighted by atomic mass is 79.9. The molecule has 4 bridgehead atoms. The number of Topliss-reactive ketones (excluding diaryl/α,β-unsaturated/α-hetero) is 1. The quantitative estimate of drug-likeness (QED) is 0.479. The second kappa shape index (κ2) is 6.14. The van der Waals surface area contributed by atoms with Crippen LogP contribution in [0.2, 0.25) is 0 Å². The fraction of sp³-hybridized carbons (Fsp3) is 0.619. The van der Waals surface area contributed by atoms with Crippen molar-refractivity contribution in [3.8, 4) is 0 Å². The van der Waals surface area contributed by atoms with Gasteiger partial charge in [0.25, 0.3) is 0 Å². The van der Waals surface area contributed by atoms with E-state index in [1.165, 1.54) is 19.3 Å². The Morgan fingerprint density at radius 1 is 1.07 bits per heavy atom. The van der Waals surface area contributed by atoms with Crippen LogP contribution in [0.3, 0.4) is 0 Å². The van der Waals surface area contributed by atoms with Crippen molar-refractivity contribution in [3.05, 3.63) is 32.2 Å². The Balaban J connectivity index is 1.42. The maximum Gasteiger partial charge on any atom is 0.346 e. The lowest BCUT2D eigenvalue weighted by molar-refractivity contribution is -0.200. The minimum absolute atomic E-state index is 0.0737. The highest BCUT2D eigenvalue weighted by molar-refractivity contribution is 9.11. The first-order valence-corrected chi connectivity index (χ1v) is 11.4. The molecular weight excluding hydrogens is 476 g/mol. The van der Waals surface area contributed by atoms with Crippen molar-refractivity contribution in [2.24, 2.45) is 17.8 Å². The van der Waals surface area contributed by atoms with Crippen molar-refractivity contribution in [3.63, 3.8) is 0 Å². The zero-order chi connectivity index (χ0) is 19.0. The summed E-state index contributed by atoms with van der Waals surface area (Å²) in [5.41, 5.74) is -1.29. The summed E-state index contributed by atoms with van der Waals surface area (Å²) in [6, 6.07) is 3.56. The molecule has 6 rings (SSSR count). The first-order valence-electron chi connectivity index (χ1n) is 9.76. The van der Waals surface area contributed by atoms with Crippen molar-refractivity contribution in [2.75, 3.05) is 0 Å². The van der Waals surface area contributed by atoms with E-state index in [4.69, 9.17) is 4.74 Å². The van der Waals surface area contributed by atoms with Gasteiger partial charge in [-0.25, -0.2) is 4.79 Å².